The lowest BCUT2D eigenvalue weighted by Crippen LogP contribution is -2.01. The molecule has 0 amide bonds. The lowest BCUT2D eigenvalue weighted by molar-refractivity contribution is 0.185. The Morgan fingerprint density at radius 3 is 2.25 bits per heavy atom. The van der Waals surface area contributed by atoms with E-state index >= 15 is 0 Å². The molecule has 0 aliphatic rings. The van der Waals surface area contributed by atoms with Crippen molar-refractivity contribution in [1.82, 2.24) is 0 Å². The van der Waals surface area contributed by atoms with Crippen LogP contribution in [0.25, 0.3) is 0 Å². The van der Waals surface area contributed by atoms with E-state index in [4.69, 9.17) is 4.74 Å². The van der Waals surface area contributed by atoms with Crippen molar-refractivity contribution in [3.8, 4) is 0 Å². The van der Waals surface area contributed by atoms with Crippen molar-refractivity contribution in [3.63, 3.8) is 0 Å². The van der Waals surface area contributed by atoms with E-state index in [2.05, 4.69) is 13.8 Å². The molecule has 0 aliphatic heterocycles. The second-order valence-corrected chi connectivity index (χ2v) is 3.55. The van der Waals surface area contributed by atoms with E-state index in [1.54, 1.807) is 7.11 Å². The molecule has 0 N–H and O–H groups in total. The molecule has 0 fully saturated rings. The van der Waals surface area contributed by atoms with E-state index in [0.717, 1.165) is 12.5 Å². The zero-order valence-electron chi connectivity index (χ0n) is 8.94. The van der Waals surface area contributed by atoms with Crippen LogP contribution >= 0.6 is 0 Å². The highest BCUT2D eigenvalue weighted by Crippen LogP contribution is 2.17. The number of unbranched alkanes of at least 4 members (excludes halogenated alkanes) is 1. The SMILES string of the molecule is CCCCC(CC)CCCOC. The third kappa shape index (κ3) is 6.66. The number of ether oxygens (including phenoxy) is 1. The van der Waals surface area contributed by atoms with Crippen molar-refractivity contribution < 1.29 is 4.74 Å². The number of methoxy groups -OCH3 is 1. The summed E-state index contributed by atoms with van der Waals surface area (Å²) < 4.78 is 5.04. The molecule has 0 aromatic rings. The van der Waals surface area contributed by atoms with E-state index in [-0.39, 0.29) is 0 Å². The van der Waals surface area contributed by atoms with Gasteiger partial charge in [-0.3, -0.25) is 0 Å². The maximum atomic E-state index is 5.04. The molecule has 0 bridgehead atoms. The van der Waals surface area contributed by atoms with Crippen LogP contribution in [0.3, 0.4) is 0 Å². The molecule has 0 radical (unpaired) electrons. The predicted octanol–water partition coefficient (Wildman–Crippen LogP) is 3.63. The van der Waals surface area contributed by atoms with Crippen molar-refractivity contribution in [2.24, 2.45) is 5.92 Å². The molecular weight excluding hydrogens is 148 g/mol. The van der Waals surface area contributed by atoms with Crippen LogP contribution in [-0.4, -0.2) is 13.7 Å². The van der Waals surface area contributed by atoms with Gasteiger partial charge in [-0.05, 0) is 18.8 Å². The molecule has 0 heterocycles. The first kappa shape index (κ1) is 12.0. The summed E-state index contributed by atoms with van der Waals surface area (Å²) >= 11 is 0. The highest BCUT2D eigenvalue weighted by atomic mass is 16.5. The van der Waals surface area contributed by atoms with Gasteiger partial charge < -0.3 is 4.74 Å². The van der Waals surface area contributed by atoms with Gasteiger partial charge in [0.05, 0.1) is 0 Å². The lowest BCUT2D eigenvalue weighted by atomic mass is 9.94. The van der Waals surface area contributed by atoms with Crippen molar-refractivity contribution in [3.05, 3.63) is 0 Å². The summed E-state index contributed by atoms with van der Waals surface area (Å²) in [6.07, 6.45) is 8.07. The van der Waals surface area contributed by atoms with Gasteiger partial charge in [0.25, 0.3) is 0 Å². The van der Waals surface area contributed by atoms with Crippen molar-refractivity contribution in [1.29, 1.82) is 0 Å². The van der Waals surface area contributed by atoms with Gasteiger partial charge in [-0.25, -0.2) is 0 Å². The van der Waals surface area contributed by atoms with E-state index in [9.17, 15) is 0 Å². The molecule has 0 aliphatic carbocycles. The summed E-state index contributed by atoms with van der Waals surface area (Å²) in [6, 6.07) is 0. The van der Waals surface area contributed by atoms with E-state index < -0.39 is 0 Å². The van der Waals surface area contributed by atoms with Crippen LogP contribution in [-0.2, 0) is 4.74 Å². The summed E-state index contributed by atoms with van der Waals surface area (Å²) in [6.45, 7) is 5.50. The third-order valence-electron chi connectivity index (χ3n) is 2.50. The second-order valence-electron chi connectivity index (χ2n) is 3.55. The first-order chi connectivity index (χ1) is 5.85. The first-order valence-electron chi connectivity index (χ1n) is 5.34. The standard InChI is InChI=1S/C11H24O/c1-4-6-8-11(5-2)9-7-10-12-3/h11H,4-10H2,1-3H3. The highest BCUT2D eigenvalue weighted by Gasteiger charge is 2.04. The van der Waals surface area contributed by atoms with Crippen LogP contribution in [0.15, 0.2) is 0 Å². The summed E-state index contributed by atoms with van der Waals surface area (Å²) in [5, 5.41) is 0. The fourth-order valence-electron chi connectivity index (χ4n) is 1.56. The van der Waals surface area contributed by atoms with Crippen LogP contribution in [0, 0.1) is 5.92 Å². The maximum absolute atomic E-state index is 5.04. The molecule has 0 aromatic heterocycles. The minimum absolute atomic E-state index is 0.933. The smallest absolute Gasteiger partial charge is 0.0462 e. The predicted molar refractivity (Wildman–Crippen MR) is 54.4 cm³/mol. The normalized spacial score (nSPS) is 13.2. The van der Waals surface area contributed by atoms with Gasteiger partial charge in [-0.2, -0.15) is 0 Å². The van der Waals surface area contributed by atoms with Gasteiger partial charge in [0.15, 0.2) is 0 Å². The van der Waals surface area contributed by atoms with Gasteiger partial charge in [0.2, 0.25) is 0 Å². The number of hydrogen-bond donors (Lipinski definition) is 0. The molecule has 74 valence electrons. The Labute approximate surface area is 77.5 Å². The largest absolute Gasteiger partial charge is 0.385 e. The van der Waals surface area contributed by atoms with Gasteiger partial charge in [0.1, 0.15) is 0 Å². The molecule has 0 saturated heterocycles. The average Bonchev–Trinajstić information content (AvgIpc) is 2.11. The molecule has 1 heteroatoms. The van der Waals surface area contributed by atoms with Gasteiger partial charge >= 0.3 is 0 Å². The Kier molecular flexibility index (Phi) is 9.02. The molecule has 0 spiro atoms. The van der Waals surface area contributed by atoms with Crippen LogP contribution in [0.1, 0.15) is 52.4 Å². The Balaban J connectivity index is 3.26. The van der Waals surface area contributed by atoms with Crippen LogP contribution in [0.2, 0.25) is 0 Å². The highest BCUT2D eigenvalue weighted by molar-refractivity contribution is 4.57. The first-order valence-corrected chi connectivity index (χ1v) is 5.34. The summed E-state index contributed by atoms with van der Waals surface area (Å²) in [7, 11) is 1.78. The topological polar surface area (TPSA) is 9.23 Å². The summed E-state index contributed by atoms with van der Waals surface area (Å²) in [5.74, 6) is 0.945. The zero-order chi connectivity index (χ0) is 9.23. The van der Waals surface area contributed by atoms with Crippen molar-refractivity contribution >= 4 is 0 Å². The Morgan fingerprint density at radius 2 is 1.75 bits per heavy atom. The molecule has 1 nitrogen and oxygen atoms in total. The maximum Gasteiger partial charge on any atom is 0.0462 e. The average molecular weight is 172 g/mol. The fourth-order valence-corrected chi connectivity index (χ4v) is 1.56. The van der Waals surface area contributed by atoms with Crippen LogP contribution < -0.4 is 0 Å². The van der Waals surface area contributed by atoms with Crippen LogP contribution in [0.4, 0.5) is 0 Å². The Morgan fingerprint density at radius 1 is 1.08 bits per heavy atom. The molecule has 1 unspecified atom stereocenters. The molecule has 0 rings (SSSR count). The monoisotopic (exact) mass is 172 g/mol. The minimum atomic E-state index is 0.933. The van der Waals surface area contributed by atoms with Gasteiger partial charge in [0, 0.05) is 13.7 Å². The van der Waals surface area contributed by atoms with Gasteiger partial charge in [-0.1, -0.05) is 39.5 Å². The molecule has 12 heavy (non-hydrogen) atoms. The quantitative estimate of drug-likeness (QED) is 0.508. The lowest BCUT2D eigenvalue weighted by Gasteiger charge is -2.13. The molecule has 0 aromatic carbocycles. The van der Waals surface area contributed by atoms with E-state index in [1.165, 1.54) is 38.5 Å². The summed E-state index contributed by atoms with van der Waals surface area (Å²) in [4.78, 5) is 0. The van der Waals surface area contributed by atoms with E-state index in [1.807, 2.05) is 0 Å². The Hall–Kier alpha value is -0.0400. The van der Waals surface area contributed by atoms with Gasteiger partial charge in [-0.15, -0.1) is 0 Å². The summed E-state index contributed by atoms with van der Waals surface area (Å²) in [5.41, 5.74) is 0. The zero-order valence-corrected chi connectivity index (χ0v) is 8.94. The second kappa shape index (κ2) is 9.05. The number of hydrogen-bond acceptors (Lipinski definition) is 1. The van der Waals surface area contributed by atoms with E-state index in [0.29, 0.717) is 0 Å². The van der Waals surface area contributed by atoms with Crippen molar-refractivity contribution in [2.75, 3.05) is 13.7 Å². The minimum Gasteiger partial charge on any atom is -0.385 e. The molecule has 0 saturated carbocycles. The third-order valence-corrected chi connectivity index (χ3v) is 2.50. The fraction of sp³-hybridized carbons (Fsp3) is 1.00. The number of rotatable bonds is 8. The molecule has 1 atom stereocenters. The Bertz CT molecular complexity index is 81.1. The van der Waals surface area contributed by atoms with Crippen LogP contribution in [0.5, 0.6) is 0 Å². The molecular formula is C11H24O. The van der Waals surface area contributed by atoms with Crippen molar-refractivity contribution in [2.45, 2.75) is 52.4 Å².